The molecule has 2 N–H and O–H groups in total. The molecule has 1 saturated heterocycles. The molecule has 226 valence electrons. The number of benzene rings is 1. The van der Waals surface area contributed by atoms with E-state index in [-0.39, 0.29) is 27.1 Å². The first-order valence-electron chi connectivity index (χ1n) is 12.7. The van der Waals surface area contributed by atoms with Gasteiger partial charge in [0.1, 0.15) is 46.6 Å². The Balaban J connectivity index is 2.35. The van der Waals surface area contributed by atoms with Crippen molar-refractivity contribution in [3.63, 3.8) is 0 Å². The normalized spacial score (nSPS) is 21.0. The van der Waals surface area contributed by atoms with Crippen LogP contribution in [0.3, 0.4) is 0 Å². The summed E-state index contributed by atoms with van der Waals surface area (Å²) in [6, 6.07) is 10.5. The van der Waals surface area contributed by atoms with Crippen molar-refractivity contribution < 1.29 is 47.6 Å². The molecule has 1 aliphatic rings. The minimum atomic E-state index is -1.57. The molecule has 43 heavy (non-hydrogen) atoms. The molecule has 0 aliphatic carbocycles. The van der Waals surface area contributed by atoms with Crippen LogP contribution in [0.5, 0.6) is 5.75 Å². The number of hydrogen-bond donors (Lipinski definition) is 1. The summed E-state index contributed by atoms with van der Waals surface area (Å²) in [5.74, 6) is -2.96. The highest BCUT2D eigenvalue weighted by Crippen LogP contribution is 2.40. The van der Waals surface area contributed by atoms with E-state index in [4.69, 9.17) is 46.4 Å². The highest BCUT2D eigenvalue weighted by Gasteiger charge is 2.53. The minimum absolute atomic E-state index is 0.136. The summed E-state index contributed by atoms with van der Waals surface area (Å²) in [4.78, 5) is 48.2. The van der Waals surface area contributed by atoms with E-state index in [1.54, 1.807) is 24.3 Å². The standard InChI is InChI=1S/C28H28N4O10S/c1-13(33)38-12-21-23(39-14(2)34)24(40-15(3)35)25(41-16(4)36)27(42-21)32-26(31)19(10-29)22(20(11-30)28(32)43)17-6-8-18(37-5)9-7-17/h6-9,21,23-25,27H,12,31H2,1-5H3/t21-,23+,24+,25+,27-/m1/s1. The molecule has 0 unspecified atom stereocenters. The number of nitrogens with two attached hydrogens (primary N) is 1. The minimum Gasteiger partial charge on any atom is -0.497 e. The molecule has 1 aliphatic heterocycles. The number of carbonyl (C=O) groups excluding carboxylic acids is 4. The molecule has 1 fully saturated rings. The van der Waals surface area contributed by atoms with E-state index in [0.29, 0.717) is 11.3 Å². The van der Waals surface area contributed by atoms with E-state index in [2.05, 4.69) is 0 Å². The molecule has 0 amide bonds. The first-order chi connectivity index (χ1) is 20.3. The zero-order valence-electron chi connectivity index (χ0n) is 23.8. The van der Waals surface area contributed by atoms with Gasteiger partial charge >= 0.3 is 23.9 Å². The fourth-order valence-electron chi connectivity index (χ4n) is 4.64. The van der Waals surface area contributed by atoms with Crippen molar-refractivity contribution in [2.45, 2.75) is 58.3 Å². The SMILES string of the molecule is COc1ccc(-c2c(C#N)c(N)n([C@@H]3O[C@H](COC(C)=O)[C@H](OC(C)=O)[C@H](OC(C)=O)[C@@H]3OC(C)=O)c(=S)c2C#N)cc1. The fraction of sp³-hybridized carbons (Fsp3) is 0.393. The Morgan fingerprint density at radius 3 is 1.91 bits per heavy atom. The second-order valence-electron chi connectivity index (χ2n) is 9.23. The first kappa shape index (κ1) is 32.5. The van der Waals surface area contributed by atoms with Crippen LogP contribution < -0.4 is 10.5 Å². The molecule has 0 saturated carbocycles. The number of pyridine rings is 1. The van der Waals surface area contributed by atoms with Crippen LogP contribution in [0.1, 0.15) is 45.0 Å². The number of methoxy groups -OCH3 is 1. The highest BCUT2D eigenvalue weighted by molar-refractivity contribution is 7.71. The van der Waals surface area contributed by atoms with E-state index >= 15 is 0 Å². The van der Waals surface area contributed by atoms with Crippen molar-refractivity contribution in [3.05, 3.63) is 40.0 Å². The largest absolute Gasteiger partial charge is 0.497 e. The second-order valence-corrected chi connectivity index (χ2v) is 9.61. The van der Waals surface area contributed by atoms with Gasteiger partial charge in [-0.3, -0.25) is 23.7 Å². The third-order valence-corrected chi connectivity index (χ3v) is 6.67. The Morgan fingerprint density at radius 2 is 1.42 bits per heavy atom. The van der Waals surface area contributed by atoms with Gasteiger partial charge in [0.2, 0.25) is 0 Å². The highest BCUT2D eigenvalue weighted by atomic mass is 32.1. The van der Waals surface area contributed by atoms with E-state index in [0.717, 1.165) is 32.3 Å². The Kier molecular flexibility index (Phi) is 10.4. The number of nitriles is 2. The lowest BCUT2D eigenvalue weighted by molar-refractivity contribution is -0.268. The van der Waals surface area contributed by atoms with E-state index in [1.807, 2.05) is 12.1 Å². The summed E-state index contributed by atoms with van der Waals surface area (Å²) in [5.41, 5.74) is 6.77. The summed E-state index contributed by atoms with van der Waals surface area (Å²) in [5, 5.41) is 20.4. The predicted octanol–water partition coefficient (Wildman–Crippen LogP) is 2.47. The second kappa shape index (κ2) is 13.8. The first-order valence-corrected chi connectivity index (χ1v) is 13.1. The molecule has 5 atom stereocenters. The number of nitrogen functional groups attached to an aromatic ring is 1. The smallest absolute Gasteiger partial charge is 0.303 e. The molecule has 0 radical (unpaired) electrons. The Labute approximate surface area is 251 Å². The van der Waals surface area contributed by atoms with Gasteiger partial charge in [-0.2, -0.15) is 10.5 Å². The molecule has 1 aromatic heterocycles. The van der Waals surface area contributed by atoms with E-state index < -0.39 is 61.1 Å². The molecule has 1 aromatic carbocycles. The summed E-state index contributed by atoms with van der Waals surface area (Å²) in [6.45, 7) is 3.88. The molecule has 14 nitrogen and oxygen atoms in total. The van der Waals surface area contributed by atoms with E-state index in [1.165, 1.54) is 7.11 Å². The molecule has 2 heterocycles. The summed E-state index contributed by atoms with van der Waals surface area (Å²) < 4.78 is 33.7. The van der Waals surface area contributed by atoms with Gasteiger partial charge in [0.15, 0.2) is 24.5 Å². The topological polar surface area (TPSA) is 202 Å². The number of anilines is 1. The quantitative estimate of drug-likeness (QED) is 0.259. The van der Waals surface area contributed by atoms with Crippen LogP contribution in [-0.4, -0.2) is 66.6 Å². The van der Waals surface area contributed by atoms with Crippen molar-refractivity contribution in [2.24, 2.45) is 0 Å². The van der Waals surface area contributed by atoms with Crippen LogP contribution in [0.4, 0.5) is 5.82 Å². The van der Waals surface area contributed by atoms with Crippen LogP contribution in [0.2, 0.25) is 0 Å². The van der Waals surface area contributed by atoms with E-state index in [9.17, 15) is 29.7 Å². The number of esters is 4. The lowest BCUT2D eigenvalue weighted by Crippen LogP contribution is -2.60. The predicted molar refractivity (Wildman–Crippen MR) is 148 cm³/mol. The Morgan fingerprint density at radius 1 is 0.884 bits per heavy atom. The summed E-state index contributed by atoms with van der Waals surface area (Å²) in [7, 11) is 1.48. The summed E-state index contributed by atoms with van der Waals surface area (Å²) >= 11 is 5.67. The fourth-order valence-corrected chi connectivity index (χ4v) is 4.99. The van der Waals surface area contributed by atoms with Crippen molar-refractivity contribution in [1.82, 2.24) is 4.57 Å². The van der Waals surface area contributed by atoms with Crippen LogP contribution in [0, 0.1) is 27.3 Å². The molecule has 2 aromatic rings. The van der Waals surface area contributed by atoms with Crippen molar-refractivity contribution in [3.8, 4) is 29.0 Å². The monoisotopic (exact) mass is 612 g/mol. The van der Waals surface area contributed by atoms with Crippen LogP contribution in [0.25, 0.3) is 11.1 Å². The number of hydrogen-bond acceptors (Lipinski definition) is 14. The van der Waals surface area contributed by atoms with Gasteiger partial charge < -0.3 is 34.2 Å². The maximum Gasteiger partial charge on any atom is 0.303 e. The van der Waals surface area contributed by atoms with Gasteiger partial charge in [-0.05, 0) is 17.7 Å². The molecule has 3 rings (SSSR count). The van der Waals surface area contributed by atoms with Crippen LogP contribution in [0.15, 0.2) is 24.3 Å². The van der Waals surface area contributed by atoms with Gasteiger partial charge in [0, 0.05) is 33.3 Å². The number of ether oxygens (including phenoxy) is 6. The average molecular weight is 613 g/mol. The molecule has 0 bridgehead atoms. The third kappa shape index (κ3) is 7.09. The van der Waals surface area contributed by atoms with Gasteiger partial charge in [-0.25, -0.2) is 0 Å². The number of aromatic nitrogens is 1. The Hall–Kier alpha value is -4.99. The van der Waals surface area contributed by atoms with Crippen molar-refractivity contribution in [1.29, 1.82) is 10.5 Å². The lowest BCUT2D eigenvalue weighted by atomic mass is 9.94. The molecule has 15 heteroatoms. The average Bonchev–Trinajstić information content (AvgIpc) is 2.94. The van der Waals surface area contributed by atoms with Gasteiger partial charge in [-0.1, -0.05) is 24.4 Å². The molecule has 0 spiro atoms. The van der Waals surface area contributed by atoms with Crippen LogP contribution in [-0.2, 0) is 42.9 Å². The Bertz CT molecular complexity index is 1570. The maximum atomic E-state index is 12.3. The summed E-state index contributed by atoms with van der Waals surface area (Å²) in [6.07, 6.45) is -7.40. The van der Waals surface area contributed by atoms with Crippen molar-refractivity contribution in [2.75, 3.05) is 19.5 Å². The molecular weight excluding hydrogens is 584 g/mol. The lowest BCUT2D eigenvalue weighted by Gasteiger charge is -2.45. The third-order valence-electron chi connectivity index (χ3n) is 6.27. The van der Waals surface area contributed by atoms with Gasteiger partial charge in [0.05, 0.1) is 12.7 Å². The number of nitrogens with zero attached hydrogens (tertiary/aromatic N) is 3. The number of carbonyl (C=O) groups is 4. The zero-order chi connectivity index (χ0) is 32.0. The van der Waals surface area contributed by atoms with Crippen molar-refractivity contribution >= 4 is 41.9 Å². The maximum absolute atomic E-state index is 12.3. The molecular formula is C28H28N4O10S. The zero-order valence-corrected chi connectivity index (χ0v) is 24.6. The van der Waals surface area contributed by atoms with Gasteiger partial charge in [0.25, 0.3) is 0 Å². The van der Waals surface area contributed by atoms with Crippen LogP contribution >= 0.6 is 12.2 Å². The van der Waals surface area contributed by atoms with Gasteiger partial charge in [-0.15, -0.1) is 0 Å². The number of rotatable bonds is 8.